The van der Waals surface area contributed by atoms with Crippen molar-refractivity contribution >= 4 is 13.5 Å². The van der Waals surface area contributed by atoms with E-state index in [-0.39, 0.29) is 0 Å². The van der Waals surface area contributed by atoms with Crippen LogP contribution in [0.3, 0.4) is 0 Å². The van der Waals surface area contributed by atoms with Gasteiger partial charge in [-0.1, -0.05) is 65.7 Å². The van der Waals surface area contributed by atoms with Crippen molar-refractivity contribution in [3.05, 3.63) is 106 Å². The monoisotopic (exact) mass is 412 g/mol. The molecule has 0 spiro atoms. The minimum atomic E-state index is 1.18. The average Bonchev–Trinajstić information content (AvgIpc) is 3.04. The van der Waals surface area contributed by atoms with Crippen LogP contribution in [0.25, 0.3) is 11.4 Å². The topological polar surface area (TPSA) is 9.86 Å². The molecule has 152 valence electrons. The van der Waals surface area contributed by atoms with E-state index in [4.69, 9.17) is 0 Å². The van der Waals surface area contributed by atoms with Gasteiger partial charge in [-0.3, -0.25) is 9.13 Å². The van der Waals surface area contributed by atoms with Crippen molar-refractivity contribution in [3.63, 3.8) is 0 Å². The van der Waals surface area contributed by atoms with Crippen LogP contribution >= 0.6 is 8.20 Å². The summed E-state index contributed by atoms with van der Waals surface area (Å²) in [5.74, 6) is 0. The van der Waals surface area contributed by atoms with Crippen LogP contribution in [0.15, 0.2) is 67.0 Å². The van der Waals surface area contributed by atoms with E-state index in [0.717, 1.165) is 0 Å². The first-order valence-electron chi connectivity index (χ1n) is 10.4. The van der Waals surface area contributed by atoms with Gasteiger partial charge in [-0.05, 0) is 72.0 Å². The van der Waals surface area contributed by atoms with Crippen LogP contribution in [-0.4, -0.2) is 9.13 Å². The molecular formula is C27H29N2P. The summed E-state index contributed by atoms with van der Waals surface area (Å²) in [6.45, 7) is 13.2. The van der Waals surface area contributed by atoms with Crippen LogP contribution in [0.2, 0.25) is 0 Å². The Morgan fingerprint density at radius 1 is 0.567 bits per heavy atom. The van der Waals surface area contributed by atoms with E-state index >= 15 is 0 Å². The van der Waals surface area contributed by atoms with Crippen LogP contribution < -0.4 is 5.30 Å². The Kier molecular flexibility index (Phi) is 5.54. The highest BCUT2D eigenvalue weighted by Crippen LogP contribution is 2.27. The van der Waals surface area contributed by atoms with E-state index in [2.05, 4.69) is 118 Å². The molecular weight excluding hydrogens is 383 g/mol. The predicted octanol–water partition coefficient (Wildman–Crippen LogP) is 6.92. The molecule has 0 amide bonds. The lowest BCUT2D eigenvalue weighted by molar-refractivity contribution is 0.927. The van der Waals surface area contributed by atoms with Crippen LogP contribution in [0.1, 0.15) is 33.4 Å². The van der Waals surface area contributed by atoms with Gasteiger partial charge in [0.25, 0.3) is 0 Å². The minimum absolute atomic E-state index is 1.18. The molecule has 0 bridgehead atoms. The van der Waals surface area contributed by atoms with E-state index < -0.39 is 0 Å². The summed E-state index contributed by atoms with van der Waals surface area (Å²) in [7, 11) is 1.18. The molecule has 0 unspecified atom stereocenters. The summed E-state index contributed by atoms with van der Waals surface area (Å²) < 4.78 is 4.74. The van der Waals surface area contributed by atoms with E-state index in [0.29, 0.717) is 0 Å². The zero-order valence-corrected chi connectivity index (χ0v) is 19.6. The van der Waals surface area contributed by atoms with E-state index in [9.17, 15) is 0 Å². The summed E-state index contributed by atoms with van der Waals surface area (Å²) in [5.41, 5.74) is 10.4. The number of hydrogen-bond acceptors (Lipinski definition) is 0. The fourth-order valence-corrected chi connectivity index (χ4v) is 5.66. The lowest BCUT2D eigenvalue weighted by Crippen LogP contribution is -2.06. The largest absolute Gasteiger partial charge is 0.297 e. The zero-order chi connectivity index (χ0) is 21.4. The maximum Gasteiger partial charge on any atom is 0.150 e. The lowest BCUT2D eigenvalue weighted by atomic mass is 10.0. The molecule has 0 atom stereocenters. The van der Waals surface area contributed by atoms with Gasteiger partial charge in [-0.25, -0.2) is 0 Å². The second-order valence-corrected chi connectivity index (χ2v) is 9.42. The van der Waals surface area contributed by atoms with Crippen molar-refractivity contribution in [1.82, 2.24) is 9.13 Å². The Morgan fingerprint density at radius 2 is 0.967 bits per heavy atom. The predicted molar refractivity (Wildman–Crippen MR) is 130 cm³/mol. The van der Waals surface area contributed by atoms with Crippen molar-refractivity contribution in [1.29, 1.82) is 0 Å². The molecule has 30 heavy (non-hydrogen) atoms. The third-order valence-corrected chi connectivity index (χ3v) is 6.72. The third kappa shape index (κ3) is 3.80. The number of imidazole rings is 1. The third-order valence-electron chi connectivity index (χ3n) is 5.53. The van der Waals surface area contributed by atoms with Crippen molar-refractivity contribution < 1.29 is 0 Å². The van der Waals surface area contributed by atoms with Gasteiger partial charge in [0, 0.05) is 17.7 Å². The molecule has 0 aliphatic rings. The molecule has 0 aliphatic heterocycles. The molecule has 0 fully saturated rings. The molecule has 0 aliphatic carbocycles. The van der Waals surface area contributed by atoms with Gasteiger partial charge < -0.3 is 0 Å². The number of hydrogen-bond donors (Lipinski definition) is 0. The van der Waals surface area contributed by atoms with Gasteiger partial charge >= 0.3 is 0 Å². The van der Waals surface area contributed by atoms with E-state index in [1.807, 2.05) is 0 Å². The molecule has 0 saturated heterocycles. The van der Waals surface area contributed by atoms with Gasteiger partial charge in [-0.15, -0.1) is 0 Å². The second kappa shape index (κ2) is 8.13. The Morgan fingerprint density at radius 3 is 1.37 bits per heavy atom. The molecule has 0 radical (unpaired) electrons. The van der Waals surface area contributed by atoms with Crippen molar-refractivity contribution in [2.45, 2.75) is 41.5 Å². The zero-order valence-electron chi connectivity index (χ0n) is 18.7. The van der Waals surface area contributed by atoms with E-state index in [1.54, 1.807) is 0 Å². The summed E-state index contributed by atoms with van der Waals surface area (Å²) in [4.78, 5) is 0. The molecule has 4 rings (SSSR count). The standard InChI is InChI=1S/C27H29N2P/c1-18-14-20(3)25(21(4)15-18)28-12-13-29(26-22(5)16-19(2)17-23(26)6)27(28)30-24-10-8-7-9-11-24/h7-17H,1-6H3. The van der Waals surface area contributed by atoms with Crippen molar-refractivity contribution in [3.8, 4) is 11.4 Å². The summed E-state index contributed by atoms with van der Waals surface area (Å²) in [6.07, 6.45) is 4.43. The second-order valence-electron chi connectivity index (χ2n) is 8.28. The summed E-state index contributed by atoms with van der Waals surface area (Å²) in [5, 5.41) is 2.53. The van der Waals surface area contributed by atoms with Crippen LogP contribution in [0.5, 0.6) is 0 Å². The average molecular weight is 413 g/mol. The minimum Gasteiger partial charge on any atom is -0.297 e. The number of benzene rings is 3. The van der Waals surface area contributed by atoms with Gasteiger partial charge in [0.2, 0.25) is 0 Å². The lowest BCUT2D eigenvalue weighted by Gasteiger charge is -2.16. The normalized spacial score (nSPS) is 11.3. The first-order valence-corrected chi connectivity index (χ1v) is 11.3. The molecule has 3 heteroatoms. The van der Waals surface area contributed by atoms with Crippen LogP contribution in [-0.2, 0) is 0 Å². The Bertz CT molecular complexity index is 1170. The Labute approximate surface area is 181 Å². The van der Waals surface area contributed by atoms with Crippen LogP contribution in [0, 0.1) is 46.7 Å². The van der Waals surface area contributed by atoms with Crippen LogP contribution in [0.4, 0.5) is 0 Å². The molecule has 0 N–H and O–H groups in total. The highest BCUT2D eigenvalue weighted by molar-refractivity contribution is 7.38. The number of rotatable bonds is 3. The molecule has 0 saturated carbocycles. The van der Waals surface area contributed by atoms with Gasteiger partial charge in [0.15, 0.2) is 0 Å². The number of aryl methyl sites for hydroxylation is 6. The summed E-state index contributed by atoms with van der Waals surface area (Å²) >= 11 is 0. The molecule has 1 aromatic heterocycles. The van der Waals surface area contributed by atoms with Gasteiger partial charge in [-0.2, -0.15) is 0 Å². The fourth-order valence-electron chi connectivity index (χ4n) is 4.56. The molecule has 3 aromatic carbocycles. The molecule has 4 aromatic rings. The maximum atomic E-state index is 2.37. The first-order chi connectivity index (χ1) is 14.3. The molecule has 2 nitrogen and oxygen atoms in total. The first kappa shape index (κ1) is 20.4. The van der Waals surface area contributed by atoms with Crippen molar-refractivity contribution in [2.24, 2.45) is 0 Å². The highest BCUT2D eigenvalue weighted by atomic mass is 31.1. The number of nitrogens with zero attached hydrogens (tertiary/aromatic N) is 2. The maximum absolute atomic E-state index is 2.37. The summed E-state index contributed by atoms with van der Waals surface area (Å²) in [6, 6.07) is 19.8. The number of aromatic nitrogens is 2. The van der Waals surface area contributed by atoms with Gasteiger partial charge in [0.1, 0.15) is 5.20 Å². The molecule has 1 heterocycles. The smallest absolute Gasteiger partial charge is 0.150 e. The highest BCUT2D eigenvalue weighted by Gasteiger charge is 2.13. The quantitative estimate of drug-likeness (QED) is 0.323. The Hall–Kier alpha value is -2.83. The Balaban J connectivity index is 2.08. The SMILES string of the molecule is Cc1cc(C)c(-n2ccn(-c3c(C)cc(C)cc3C)c2=Pc2ccccc2)c(C)c1. The van der Waals surface area contributed by atoms with Gasteiger partial charge in [0.05, 0.1) is 11.4 Å². The van der Waals surface area contributed by atoms with E-state index in [1.165, 1.54) is 63.5 Å². The van der Waals surface area contributed by atoms with Crippen molar-refractivity contribution in [2.75, 3.05) is 0 Å². The fraction of sp³-hybridized carbons (Fsp3) is 0.222.